The lowest BCUT2D eigenvalue weighted by Gasteiger charge is -2.21. The van der Waals surface area contributed by atoms with Gasteiger partial charge in [-0.15, -0.1) is 0 Å². The zero-order valence-corrected chi connectivity index (χ0v) is 12.2. The Kier molecular flexibility index (Phi) is 5.43. The number of rotatable bonds is 5. The van der Waals surface area contributed by atoms with Crippen LogP contribution in [0.5, 0.6) is 0 Å². The average molecular weight is 301 g/mol. The predicted molar refractivity (Wildman–Crippen MR) is 76.3 cm³/mol. The molecule has 1 unspecified atom stereocenters. The minimum Gasteiger partial charge on any atom is -0.393 e. The molecule has 0 amide bonds. The van der Waals surface area contributed by atoms with E-state index in [1.54, 1.807) is 0 Å². The fourth-order valence-corrected chi connectivity index (χ4v) is 2.36. The summed E-state index contributed by atoms with van der Waals surface area (Å²) in [6.45, 7) is 4.61. The van der Waals surface area contributed by atoms with E-state index in [9.17, 15) is 5.11 Å². The van der Waals surface area contributed by atoms with Crippen molar-refractivity contribution in [1.82, 2.24) is 0 Å². The summed E-state index contributed by atoms with van der Waals surface area (Å²) in [5.41, 5.74) is 8.10. The standard InChI is InChI=1S/C13H21BrN2O/c1-9(17)6-7-16(3)11-4-5-12(10(2)15)13(14)8-11/h4-5,8-10,17H,6-7,15H2,1-3H3/t9?,10-/m1/s1. The van der Waals surface area contributed by atoms with Gasteiger partial charge in [-0.2, -0.15) is 0 Å². The van der Waals surface area contributed by atoms with Crippen LogP contribution >= 0.6 is 15.9 Å². The topological polar surface area (TPSA) is 49.5 Å². The van der Waals surface area contributed by atoms with E-state index in [-0.39, 0.29) is 12.1 Å². The molecule has 1 rings (SSSR count). The van der Waals surface area contributed by atoms with Crippen molar-refractivity contribution in [2.24, 2.45) is 5.73 Å². The first-order valence-electron chi connectivity index (χ1n) is 5.86. The minimum atomic E-state index is -0.260. The molecular weight excluding hydrogens is 280 g/mol. The zero-order valence-electron chi connectivity index (χ0n) is 10.7. The van der Waals surface area contributed by atoms with Crippen molar-refractivity contribution in [1.29, 1.82) is 0 Å². The third-order valence-corrected chi connectivity index (χ3v) is 3.48. The van der Waals surface area contributed by atoms with Gasteiger partial charge in [-0.05, 0) is 38.0 Å². The number of hydrogen-bond acceptors (Lipinski definition) is 3. The van der Waals surface area contributed by atoms with Gasteiger partial charge in [0.25, 0.3) is 0 Å². The average Bonchev–Trinajstić information content (AvgIpc) is 2.25. The van der Waals surface area contributed by atoms with Crippen LogP contribution in [0.3, 0.4) is 0 Å². The number of hydrogen-bond donors (Lipinski definition) is 2. The van der Waals surface area contributed by atoms with Gasteiger partial charge in [0.15, 0.2) is 0 Å². The summed E-state index contributed by atoms with van der Waals surface area (Å²) >= 11 is 3.54. The third-order valence-electron chi connectivity index (χ3n) is 2.80. The summed E-state index contributed by atoms with van der Waals surface area (Å²) in [6.07, 6.45) is 0.507. The molecule has 0 aromatic heterocycles. The zero-order chi connectivity index (χ0) is 13.0. The Morgan fingerprint density at radius 3 is 2.53 bits per heavy atom. The highest BCUT2D eigenvalue weighted by molar-refractivity contribution is 9.10. The maximum atomic E-state index is 9.27. The Bertz CT molecular complexity index is 366. The molecule has 3 N–H and O–H groups in total. The molecule has 2 atom stereocenters. The molecule has 0 spiro atoms. The van der Waals surface area contributed by atoms with Gasteiger partial charge in [-0.25, -0.2) is 0 Å². The van der Waals surface area contributed by atoms with Crippen molar-refractivity contribution < 1.29 is 5.11 Å². The smallest absolute Gasteiger partial charge is 0.0528 e. The molecule has 17 heavy (non-hydrogen) atoms. The number of nitrogens with zero attached hydrogens (tertiary/aromatic N) is 1. The van der Waals surface area contributed by atoms with Crippen LogP contribution in [0.2, 0.25) is 0 Å². The van der Waals surface area contributed by atoms with E-state index < -0.39 is 0 Å². The molecule has 96 valence electrons. The van der Waals surface area contributed by atoms with Crippen LogP contribution < -0.4 is 10.6 Å². The number of halogens is 1. The van der Waals surface area contributed by atoms with Gasteiger partial charge in [-0.3, -0.25) is 0 Å². The van der Waals surface area contributed by atoms with Gasteiger partial charge < -0.3 is 15.7 Å². The molecule has 0 aliphatic carbocycles. The first-order valence-corrected chi connectivity index (χ1v) is 6.65. The maximum absolute atomic E-state index is 9.27. The number of nitrogens with two attached hydrogens (primary N) is 1. The second-order valence-corrected chi connectivity index (χ2v) is 5.41. The van der Waals surface area contributed by atoms with Crippen molar-refractivity contribution >= 4 is 21.6 Å². The van der Waals surface area contributed by atoms with E-state index >= 15 is 0 Å². The number of anilines is 1. The molecule has 0 fully saturated rings. The molecule has 0 bridgehead atoms. The van der Waals surface area contributed by atoms with Crippen LogP contribution in [-0.4, -0.2) is 24.8 Å². The van der Waals surface area contributed by atoms with Gasteiger partial charge in [0, 0.05) is 29.8 Å². The fraction of sp³-hybridized carbons (Fsp3) is 0.538. The second-order valence-electron chi connectivity index (χ2n) is 4.55. The van der Waals surface area contributed by atoms with Gasteiger partial charge in [-0.1, -0.05) is 22.0 Å². The lowest BCUT2D eigenvalue weighted by atomic mass is 10.1. The first-order chi connectivity index (χ1) is 7.91. The summed E-state index contributed by atoms with van der Waals surface area (Å²) in [6, 6.07) is 6.20. The van der Waals surface area contributed by atoms with Crippen molar-refractivity contribution in [2.75, 3.05) is 18.5 Å². The Labute approximate surface area is 112 Å². The molecular formula is C13H21BrN2O. The van der Waals surface area contributed by atoms with Crippen molar-refractivity contribution in [3.05, 3.63) is 28.2 Å². The number of aliphatic hydroxyl groups excluding tert-OH is 1. The van der Waals surface area contributed by atoms with Crippen LogP contribution in [0.4, 0.5) is 5.69 Å². The summed E-state index contributed by atoms with van der Waals surface area (Å²) in [4.78, 5) is 2.13. The number of aliphatic hydroxyl groups is 1. The molecule has 0 heterocycles. The molecule has 4 heteroatoms. The van der Waals surface area contributed by atoms with Gasteiger partial charge in [0.05, 0.1) is 6.10 Å². The molecule has 1 aromatic rings. The molecule has 0 saturated heterocycles. The second kappa shape index (κ2) is 6.38. The van der Waals surface area contributed by atoms with Crippen LogP contribution in [-0.2, 0) is 0 Å². The van der Waals surface area contributed by atoms with E-state index in [2.05, 4.69) is 33.0 Å². The first kappa shape index (κ1) is 14.5. The van der Waals surface area contributed by atoms with Gasteiger partial charge >= 0.3 is 0 Å². The van der Waals surface area contributed by atoms with Crippen LogP contribution in [0.1, 0.15) is 31.9 Å². The Hall–Kier alpha value is -0.580. The molecule has 0 aliphatic rings. The SMILES string of the molecule is CC(O)CCN(C)c1ccc([C@@H](C)N)c(Br)c1. The minimum absolute atomic E-state index is 0.0289. The highest BCUT2D eigenvalue weighted by Crippen LogP contribution is 2.27. The van der Waals surface area contributed by atoms with Crippen molar-refractivity contribution in [3.63, 3.8) is 0 Å². The normalized spacial score (nSPS) is 14.5. The summed E-state index contributed by atoms with van der Waals surface area (Å²) in [5.74, 6) is 0. The Morgan fingerprint density at radius 2 is 2.06 bits per heavy atom. The molecule has 1 aromatic carbocycles. The van der Waals surface area contributed by atoms with Crippen molar-refractivity contribution in [3.8, 4) is 0 Å². The molecule has 3 nitrogen and oxygen atoms in total. The van der Waals surface area contributed by atoms with Gasteiger partial charge in [0.2, 0.25) is 0 Å². The predicted octanol–water partition coefficient (Wildman–Crippen LogP) is 2.68. The van der Waals surface area contributed by atoms with Gasteiger partial charge in [0.1, 0.15) is 0 Å². The van der Waals surface area contributed by atoms with E-state index in [4.69, 9.17) is 5.73 Å². The van der Waals surface area contributed by atoms with Crippen LogP contribution in [0.15, 0.2) is 22.7 Å². The lowest BCUT2D eigenvalue weighted by molar-refractivity contribution is 0.187. The number of benzene rings is 1. The van der Waals surface area contributed by atoms with Crippen molar-refractivity contribution in [2.45, 2.75) is 32.4 Å². The summed E-state index contributed by atoms with van der Waals surface area (Å²) in [7, 11) is 2.02. The highest BCUT2D eigenvalue weighted by Gasteiger charge is 2.08. The monoisotopic (exact) mass is 300 g/mol. The van der Waals surface area contributed by atoms with E-state index in [0.29, 0.717) is 0 Å². The lowest BCUT2D eigenvalue weighted by Crippen LogP contribution is -2.22. The third kappa shape index (κ3) is 4.30. The maximum Gasteiger partial charge on any atom is 0.0528 e. The van der Waals surface area contributed by atoms with E-state index in [0.717, 1.165) is 28.7 Å². The molecule has 0 aliphatic heterocycles. The van der Waals surface area contributed by atoms with Crippen LogP contribution in [0, 0.1) is 0 Å². The molecule has 0 radical (unpaired) electrons. The Balaban J connectivity index is 2.75. The largest absolute Gasteiger partial charge is 0.393 e. The summed E-state index contributed by atoms with van der Waals surface area (Å²) < 4.78 is 1.04. The fourth-order valence-electron chi connectivity index (χ4n) is 1.63. The Morgan fingerprint density at radius 1 is 1.41 bits per heavy atom. The van der Waals surface area contributed by atoms with E-state index in [1.165, 1.54) is 0 Å². The summed E-state index contributed by atoms with van der Waals surface area (Å²) in [5, 5.41) is 9.27. The highest BCUT2D eigenvalue weighted by atomic mass is 79.9. The molecule has 0 saturated carbocycles. The van der Waals surface area contributed by atoms with E-state index in [1.807, 2.05) is 27.0 Å². The quantitative estimate of drug-likeness (QED) is 0.879. The van der Waals surface area contributed by atoms with Crippen LogP contribution in [0.25, 0.3) is 0 Å².